The van der Waals surface area contributed by atoms with Crippen LogP contribution in [0.2, 0.25) is 0 Å². The normalized spacial score (nSPS) is 12.6. The van der Waals surface area contributed by atoms with Gasteiger partial charge in [-0.15, -0.1) is 0 Å². The number of hydrogen-bond donors (Lipinski definition) is 1. The van der Waals surface area contributed by atoms with Gasteiger partial charge < -0.3 is 5.32 Å². The van der Waals surface area contributed by atoms with Crippen LogP contribution >= 0.6 is 0 Å². The van der Waals surface area contributed by atoms with Crippen LogP contribution in [0.5, 0.6) is 0 Å². The maximum Gasteiger partial charge on any atom is 0.00204 e. The lowest BCUT2D eigenvalue weighted by atomic mass is 9.88. The second-order valence-corrected chi connectivity index (χ2v) is 6.21. The van der Waals surface area contributed by atoms with Crippen LogP contribution in [-0.4, -0.2) is 13.6 Å². The lowest BCUT2D eigenvalue weighted by molar-refractivity contribution is 0.622. The van der Waals surface area contributed by atoms with Crippen LogP contribution in [0, 0.1) is 6.92 Å². The second-order valence-electron chi connectivity index (χ2n) is 6.21. The van der Waals surface area contributed by atoms with Gasteiger partial charge in [-0.2, -0.15) is 0 Å². The first-order chi connectivity index (χ1) is 10.1. The monoisotopic (exact) mass is 281 g/mol. The predicted molar refractivity (Wildman–Crippen MR) is 92.1 cm³/mol. The molecule has 0 heterocycles. The molecule has 1 heteroatoms. The highest BCUT2D eigenvalue weighted by molar-refractivity contribution is 5.32. The average molecular weight is 281 g/mol. The molecule has 0 aliphatic rings. The van der Waals surface area contributed by atoms with Gasteiger partial charge in [-0.05, 0) is 48.6 Å². The SMILES string of the molecule is CNCC(Cc1ccc(C(C)C)cc1)c1ccccc1C. The van der Waals surface area contributed by atoms with E-state index in [0.717, 1.165) is 13.0 Å². The molecule has 1 atom stereocenters. The number of hydrogen-bond acceptors (Lipinski definition) is 1. The highest BCUT2D eigenvalue weighted by Crippen LogP contribution is 2.24. The third kappa shape index (κ3) is 4.18. The van der Waals surface area contributed by atoms with E-state index in [9.17, 15) is 0 Å². The average Bonchev–Trinajstić information content (AvgIpc) is 2.48. The molecule has 0 radical (unpaired) electrons. The van der Waals surface area contributed by atoms with E-state index in [1.165, 1.54) is 22.3 Å². The Kier molecular flexibility index (Phi) is 5.58. The number of aryl methyl sites for hydroxylation is 1. The standard InChI is InChI=1S/C20H27N/c1-15(2)18-11-9-17(10-12-18)13-19(14-21-4)20-8-6-5-7-16(20)3/h5-12,15,19,21H,13-14H2,1-4H3. The fourth-order valence-electron chi connectivity index (χ4n) is 2.91. The lowest BCUT2D eigenvalue weighted by Crippen LogP contribution is -2.20. The van der Waals surface area contributed by atoms with Crippen LogP contribution in [0.25, 0.3) is 0 Å². The number of likely N-dealkylation sites (N-methyl/N-ethyl adjacent to an activating group) is 1. The Bertz CT molecular complexity index is 554. The second kappa shape index (κ2) is 7.42. The molecule has 0 aliphatic carbocycles. The largest absolute Gasteiger partial charge is 0.319 e. The fourth-order valence-corrected chi connectivity index (χ4v) is 2.91. The van der Waals surface area contributed by atoms with Gasteiger partial charge in [-0.1, -0.05) is 62.4 Å². The van der Waals surface area contributed by atoms with Crippen molar-refractivity contribution in [1.82, 2.24) is 5.32 Å². The summed E-state index contributed by atoms with van der Waals surface area (Å²) < 4.78 is 0. The zero-order valence-electron chi connectivity index (χ0n) is 13.7. The van der Waals surface area contributed by atoms with Crippen molar-refractivity contribution in [3.05, 3.63) is 70.8 Å². The first kappa shape index (κ1) is 15.8. The topological polar surface area (TPSA) is 12.0 Å². The highest BCUT2D eigenvalue weighted by atomic mass is 14.8. The Hall–Kier alpha value is -1.60. The van der Waals surface area contributed by atoms with Gasteiger partial charge in [0.1, 0.15) is 0 Å². The molecule has 0 saturated heterocycles. The van der Waals surface area contributed by atoms with Gasteiger partial charge in [0.2, 0.25) is 0 Å². The smallest absolute Gasteiger partial charge is 0.00204 e. The zero-order valence-corrected chi connectivity index (χ0v) is 13.7. The van der Waals surface area contributed by atoms with Crippen molar-refractivity contribution in [2.45, 2.75) is 39.0 Å². The summed E-state index contributed by atoms with van der Waals surface area (Å²) in [7, 11) is 2.03. The number of nitrogens with one attached hydrogen (secondary N) is 1. The summed E-state index contributed by atoms with van der Waals surface area (Å²) in [5.41, 5.74) is 5.68. The summed E-state index contributed by atoms with van der Waals surface area (Å²) in [5, 5.41) is 3.34. The molecular weight excluding hydrogens is 254 g/mol. The van der Waals surface area contributed by atoms with Gasteiger partial charge in [-0.25, -0.2) is 0 Å². The molecule has 1 unspecified atom stereocenters. The van der Waals surface area contributed by atoms with Crippen LogP contribution in [0.15, 0.2) is 48.5 Å². The molecule has 0 saturated carbocycles. The van der Waals surface area contributed by atoms with Crippen molar-refractivity contribution in [2.75, 3.05) is 13.6 Å². The molecule has 2 rings (SSSR count). The summed E-state index contributed by atoms with van der Waals surface area (Å²) in [5.74, 6) is 1.13. The molecule has 2 aromatic carbocycles. The minimum Gasteiger partial charge on any atom is -0.319 e. The van der Waals surface area contributed by atoms with E-state index in [1.54, 1.807) is 0 Å². The Morgan fingerprint density at radius 1 is 0.952 bits per heavy atom. The molecule has 21 heavy (non-hydrogen) atoms. The van der Waals surface area contributed by atoms with E-state index in [1.807, 2.05) is 7.05 Å². The molecular formula is C20H27N. The third-order valence-electron chi connectivity index (χ3n) is 4.21. The molecule has 112 valence electrons. The van der Waals surface area contributed by atoms with Gasteiger partial charge in [0.25, 0.3) is 0 Å². The van der Waals surface area contributed by atoms with E-state index >= 15 is 0 Å². The van der Waals surface area contributed by atoms with E-state index < -0.39 is 0 Å². The maximum atomic E-state index is 3.34. The highest BCUT2D eigenvalue weighted by Gasteiger charge is 2.13. The van der Waals surface area contributed by atoms with Gasteiger partial charge in [-0.3, -0.25) is 0 Å². The van der Waals surface area contributed by atoms with E-state index in [0.29, 0.717) is 11.8 Å². The van der Waals surface area contributed by atoms with Crippen molar-refractivity contribution >= 4 is 0 Å². The molecule has 1 N–H and O–H groups in total. The van der Waals surface area contributed by atoms with E-state index in [-0.39, 0.29) is 0 Å². The summed E-state index contributed by atoms with van der Waals surface area (Å²) in [6.45, 7) is 7.70. The third-order valence-corrected chi connectivity index (χ3v) is 4.21. The van der Waals surface area contributed by atoms with Gasteiger partial charge >= 0.3 is 0 Å². The number of rotatable bonds is 6. The minimum atomic E-state index is 0.529. The Morgan fingerprint density at radius 3 is 2.19 bits per heavy atom. The molecule has 0 aromatic heterocycles. The molecule has 0 bridgehead atoms. The molecule has 0 fully saturated rings. The van der Waals surface area contributed by atoms with E-state index in [4.69, 9.17) is 0 Å². The Labute approximate surface area is 129 Å². The van der Waals surface area contributed by atoms with Gasteiger partial charge in [0.05, 0.1) is 0 Å². The zero-order chi connectivity index (χ0) is 15.2. The van der Waals surface area contributed by atoms with Crippen LogP contribution in [-0.2, 0) is 6.42 Å². The fraction of sp³-hybridized carbons (Fsp3) is 0.400. The Balaban J connectivity index is 2.18. The van der Waals surface area contributed by atoms with Gasteiger partial charge in [0.15, 0.2) is 0 Å². The number of benzene rings is 2. The van der Waals surface area contributed by atoms with Crippen LogP contribution in [0.4, 0.5) is 0 Å². The molecule has 2 aromatic rings. The van der Waals surface area contributed by atoms with Gasteiger partial charge in [0, 0.05) is 12.5 Å². The summed E-state index contributed by atoms with van der Waals surface area (Å²) in [4.78, 5) is 0. The molecule has 0 amide bonds. The van der Waals surface area contributed by atoms with Crippen LogP contribution in [0.3, 0.4) is 0 Å². The van der Waals surface area contributed by atoms with Crippen molar-refractivity contribution in [3.8, 4) is 0 Å². The predicted octanol–water partition coefficient (Wildman–Crippen LogP) is 4.66. The summed E-state index contributed by atoms with van der Waals surface area (Å²) in [6, 6.07) is 17.9. The van der Waals surface area contributed by atoms with Crippen molar-refractivity contribution < 1.29 is 0 Å². The lowest BCUT2D eigenvalue weighted by Gasteiger charge is -2.19. The maximum absolute atomic E-state index is 3.34. The first-order valence-electron chi connectivity index (χ1n) is 7.90. The first-order valence-corrected chi connectivity index (χ1v) is 7.90. The Morgan fingerprint density at radius 2 is 1.62 bits per heavy atom. The van der Waals surface area contributed by atoms with Crippen molar-refractivity contribution in [1.29, 1.82) is 0 Å². The van der Waals surface area contributed by atoms with Crippen molar-refractivity contribution in [2.24, 2.45) is 0 Å². The molecule has 1 nitrogen and oxygen atoms in total. The quantitative estimate of drug-likeness (QED) is 0.811. The summed E-state index contributed by atoms with van der Waals surface area (Å²) >= 11 is 0. The van der Waals surface area contributed by atoms with E-state index in [2.05, 4.69) is 74.6 Å². The molecule has 0 spiro atoms. The minimum absolute atomic E-state index is 0.529. The molecule has 0 aliphatic heterocycles. The van der Waals surface area contributed by atoms with Crippen LogP contribution < -0.4 is 5.32 Å². The summed E-state index contributed by atoms with van der Waals surface area (Å²) in [6.07, 6.45) is 1.09. The van der Waals surface area contributed by atoms with Crippen LogP contribution in [0.1, 0.15) is 47.9 Å². The van der Waals surface area contributed by atoms with Crippen molar-refractivity contribution in [3.63, 3.8) is 0 Å².